The fourth-order valence-electron chi connectivity index (χ4n) is 1.26. The molecule has 17 heavy (non-hydrogen) atoms. The molecule has 1 rings (SSSR count). The van der Waals surface area contributed by atoms with E-state index in [2.05, 4.69) is 0 Å². The quantitative estimate of drug-likeness (QED) is 0.730. The summed E-state index contributed by atoms with van der Waals surface area (Å²) in [7, 11) is 1.58. The van der Waals surface area contributed by atoms with Crippen molar-refractivity contribution in [2.45, 2.75) is 26.4 Å². The molecule has 0 N–H and O–H groups in total. The lowest BCUT2D eigenvalue weighted by Gasteiger charge is -2.11. The molecule has 5 heteroatoms. The van der Waals surface area contributed by atoms with Gasteiger partial charge in [0.2, 0.25) is 0 Å². The smallest absolute Gasteiger partial charge is 0.339 e. The number of ketones is 1. The Morgan fingerprint density at radius 3 is 2.65 bits per heavy atom. The number of carbonyl (C=O) groups is 2. The molecule has 0 bridgehead atoms. The zero-order chi connectivity index (χ0) is 13.0. The van der Waals surface area contributed by atoms with Crippen LogP contribution in [0.15, 0.2) is 23.1 Å². The van der Waals surface area contributed by atoms with Crippen molar-refractivity contribution in [2.24, 2.45) is 7.05 Å². The number of ether oxygens (including phenoxy) is 1. The molecule has 0 aliphatic carbocycles. The van der Waals surface area contributed by atoms with Crippen molar-refractivity contribution in [3.8, 4) is 0 Å². The van der Waals surface area contributed by atoms with E-state index >= 15 is 0 Å². The van der Waals surface area contributed by atoms with Gasteiger partial charge in [0.15, 0.2) is 11.9 Å². The average Bonchev–Trinajstić information content (AvgIpc) is 2.31. The lowest BCUT2D eigenvalue weighted by Crippen LogP contribution is -2.25. The molecule has 0 saturated heterocycles. The molecule has 0 saturated carbocycles. The summed E-state index contributed by atoms with van der Waals surface area (Å²) in [5, 5.41) is 0. The number of rotatable bonds is 4. The van der Waals surface area contributed by atoms with Crippen LogP contribution in [0.25, 0.3) is 0 Å². The number of carbonyl (C=O) groups excluding carboxylic acids is 2. The van der Waals surface area contributed by atoms with Gasteiger partial charge in [0.05, 0.1) is 5.56 Å². The number of nitrogens with zero attached hydrogens (tertiary/aromatic N) is 1. The minimum absolute atomic E-state index is 0.151. The van der Waals surface area contributed by atoms with E-state index in [-0.39, 0.29) is 16.9 Å². The molecule has 0 radical (unpaired) electrons. The van der Waals surface area contributed by atoms with Crippen LogP contribution in [0.1, 0.15) is 30.6 Å². The monoisotopic (exact) mass is 237 g/mol. The topological polar surface area (TPSA) is 65.4 Å². The van der Waals surface area contributed by atoms with Crippen LogP contribution in [0, 0.1) is 0 Å². The van der Waals surface area contributed by atoms with Gasteiger partial charge in [-0.3, -0.25) is 9.59 Å². The molecule has 1 aromatic rings. The lowest BCUT2D eigenvalue weighted by molar-refractivity contribution is -0.126. The second-order valence-electron chi connectivity index (χ2n) is 3.73. The highest BCUT2D eigenvalue weighted by molar-refractivity contribution is 5.92. The molecule has 0 spiro atoms. The number of Topliss-reactive ketones (excluding diaryl/α,β-unsaturated/α-hetero) is 1. The summed E-state index contributed by atoms with van der Waals surface area (Å²) in [6.45, 7) is 3.22. The second kappa shape index (κ2) is 5.43. The van der Waals surface area contributed by atoms with Crippen molar-refractivity contribution in [1.82, 2.24) is 4.57 Å². The van der Waals surface area contributed by atoms with Gasteiger partial charge in [-0.1, -0.05) is 6.92 Å². The number of hydrogen-bond donors (Lipinski definition) is 0. The zero-order valence-electron chi connectivity index (χ0n) is 10.1. The molecule has 0 aliphatic rings. The van der Waals surface area contributed by atoms with E-state index in [1.54, 1.807) is 14.0 Å². The summed E-state index contributed by atoms with van der Waals surface area (Å²) >= 11 is 0. The number of hydrogen-bond acceptors (Lipinski definition) is 4. The predicted molar refractivity (Wildman–Crippen MR) is 61.9 cm³/mol. The highest BCUT2D eigenvalue weighted by Gasteiger charge is 2.17. The molecule has 0 fully saturated rings. The maximum atomic E-state index is 11.6. The SMILES string of the molecule is CCC(=O)C(C)OC(=O)c1ccn(C)c(=O)c1. The molecule has 1 unspecified atom stereocenters. The van der Waals surface area contributed by atoms with E-state index in [9.17, 15) is 14.4 Å². The zero-order valence-corrected chi connectivity index (χ0v) is 10.1. The Morgan fingerprint density at radius 1 is 1.47 bits per heavy atom. The Bertz CT molecular complexity index is 490. The Labute approximate surface area is 99.0 Å². The molecule has 1 heterocycles. The first-order chi connectivity index (χ1) is 7.95. The first-order valence-electron chi connectivity index (χ1n) is 5.36. The maximum Gasteiger partial charge on any atom is 0.339 e. The van der Waals surface area contributed by atoms with Crippen LogP contribution in [0.4, 0.5) is 0 Å². The van der Waals surface area contributed by atoms with Crippen molar-refractivity contribution >= 4 is 11.8 Å². The van der Waals surface area contributed by atoms with Crippen molar-refractivity contribution in [2.75, 3.05) is 0 Å². The standard InChI is InChI=1S/C12H15NO4/c1-4-10(14)8(2)17-12(16)9-5-6-13(3)11(15)7-9/h5-8H,4H2,1-3H3. The van der Waals surface area contributed by atoms with E-state index in [0.29, 0.717) is 6.42 Å². The molecular formula is C12H15NO4. The van der Waals surface area contributed by atoms with E-state index in [0.717, 1.165) is 0 Å². The number of pyridine rings is 1. The van der Waals surface area contributed by atoms with Crippen molar-refractivity contribution in [3.63, 3.8) is 0 Å². The normalized spacial score (nSPS) is 11.9. The van der Waals surface area contributed by atoms with E-state index in [4.69, 9.17) is 4.74 Å². The van der Waals surface area contributed by atoms with Crippen molar-refractivity contribution in [1.29, 1.82) is 0 Å². The highest BCUT2D eigenvalue weighted by atomic mass is 16.5. The molecule has 0 amide bonds. The third kappa shape index (κ3) is 3.27. The Balaban J connectivity index is 2.80. The molecule has 5 nitrogen and oxygen atoms in total. The second-order valence-corrected chi connectivity index (χ2v) is 3.73. The van der Waals surface area contributed by atoms with Crippen LogP contribution in [0.5, 0.6) is 0 Å². The Hall–Kier alpha value is -1.91. The summed E-state index contributed by atoms with van der Waals surface area (Å²) in [5.41, 5.74) is -0.141. The minimum atomic E-state index is -0.781. The molecule has 0 aromatic carbocycles. The predicted octanol–water partition coefficient (Wildman–Crippen LogP) is 0.910. The van der Waals surface area contributed by atoms with Gasteiger partial charge < -0.3 is 9.30 Å². The van der Waals surface area contributed by atoms with Crippen LogP contribution >= 0.6 is 0 Å². The highest BCUT2D eigenvalue weighted by Crippen LogP contribution is 2.03. The number of aromatic nitrogens is 1. The van der Waals surface area contributed by atoms with Gasteiger partial charge in [-0.15, -0.1) is 0 Å². The average molecular weight is 237 g/mol. The molecular weight excluding hydrogens is 222 g/mol. The van der Waals surface area contributed by atoms with Crippen LogP contribution < -0.4 is 5.56 Å². The third-order valence-corrected chi connectivity index (χ3v) is 2.43. The van der Waals surface area contributed by atoms with E-state index < -0.39 is 12.1 Å². The maximum absolute atomic E-state index is 11.6. The van der Waals surface area contributed by atoms with Gasteiger partial charge >= 0.3 is 5.97 Å². The van der Waals surface area contributed by atoms with Crippen molar-refractivity contribution < 1.29 is 14.3 Å². The molecule has 1 atom stereocenters. The van der Waals surface area contributed by atoms with Crippen LogP contribution in [0.2, 0.25) is 0 Å². The van der Waals surface area contributed by atoms with E-state index in [1.807, 2.05) is 0 Å². The molecule has 1 aromatic heterocycles. The van der Waals surface area contributed by atoms with E-state index in [1.165, 1.54) is 29.8 Å². The number of esters is 1. The largest absolute Gasteiger partial charge is 0.451 e. The number of aryl methyl sites for hydroxylation is 1. The molecule has 0 aliphatic heterocycles. The van der Waals surface area contributed by atoms with Crippen LogP contribution in [-0.4, -0.2) is 22.4 Å². The van der Waals surface area contributed by atoms with Gasteiger partial charge in [-0.2, -0.15) is 0 Å². The summed E-state index contributed by atoms with van der Waals surface area (Å²) in [5.74, 6) is -0.806. The Morgan fingerprint density at radius 2 is 2.12 bits per heavy atom. The summed E-state index contributed by atoms with van der Waals surface area (Å²) < 4.78 is 6.29. The molecule has 92 valence electrons. The third-order valence-electron chi connectivity index (χ3n) is 2.43. The van der Waals surface area contributed by atoms with Gasteiger partial charge in [0, 0.05) is 25.7 Å². The summed E-state index contributed by atoms with van der Waals surface area (Å²) in [6, 6.07) is 2.67. The van der Waals surface area contributed by atoms with Crippen LogP contribution in [-0.2, 0) is 16.6 Å². The van der Waals surface area contributed by atoms with Gasteiger partial charge in [-0.05, 0) is 13.0 Å². The van der Waals surface area contributed by atoms with Gasteiger partial charge in [0.1, 0.15) is 0 Å². The fraction of sp³-hybridized carbons (Fsp3) is 0.417. The Kier molecular flexibility index (Phi) is 4.20. The lowest BCUT2D eigenvalue weighted by atomic mass is 10.2. The van der Waals surface area contributed by atoms with Crippen LogP contribution in [0.3, 0.4) is 0 Å². The minimum Gasteiger partial charge on any atom is -0.451 e. The first-order valence-corrected chi connectivity index (χ1v) is 5.36. The summed E-state index contributed by atoms with van der Waals surface area (Å²) in [4.78, 5) is 34.2. The fourth-order valence-corrected chi connectivity index (χ4v) is 1.26. The van der Waals surface area contributed by atoms with Gasteiger partial charge in [0.25, 0.3) is 5.56 Å². The van der Waals surface area contributed by atoms with Crippen molar-refractivity contribution in [3.05, 3.63) is 34.2 Å². The summed E-state index contributed by atoms with van der Waals surface area (Å²) in [6.07, 6.45) is 1.01. The van der Waals surface area contributed by atoms with Gasteiger partial charge in [-0.25, -0.2) is 4.79 Å². The first kappa shape index (κ1) is 13.2.